The molecule has 3 nitrogen and oxygen atoms in total. The minimum atomic E-state index is 0.534. The highest BCUT2D eigenvalue weighted by Crippen LogP contribution is 2.17. The monoisotopic (exact) mass is 250 g/mol. The number of unbranched alkanes of at least 4 members (excludes halogenated alkanes) is 1. The van der Waals surface area contributed by atoms with Gasteiger partial charge in [0.15, 0.2) is 0 Å². The van der Waals surface area contributed by atoms with Crippen LogP contribution in [0.15, 0.2) is 24.3 Å². The summed E-state index contributed by atoms with van der Waals surface area (Å²) in [7, 11) is 2.17. The molecule has 1 aromatic rings. The molecule has 3 heteroatoms. The molecule has 18 heavy (non-hydrogen) atoms. The molecule has 0 aliphatic carbocycles. The highest BCUT2D eigenvalue weighted by Gasteiger charge is 2.01. The number of rotatable bonds is 9. The molecule has 1 aromatic carbocycles. The molecule has 0 radical (unpaired) electrons. The number of nitrogens with zero attached hydrogens (tertiary/aromatic N) is 1. The molecule has 0 atom stereocenters. The van der Waals surface area contributed by atoms with E-state index in [1.165, 1.54) is 19.4 Å². The summed E-state index contributed by atoms with van der Waals surface area (Å²) in [5.41, 5.74) is 6.75. The molecule has 0 amide bonds. The molecule has 2 N–H and O–H groups in total. The zero-order chi connectivity index (χ0) is 13.2. The molecule has 0 fully saturated rings. The first kappa shape index (κ1) is 15.0. The molecule has 0 saturated heterocycles. The molecule has 0 bridgehead atoms. The van der Waals surface area contributed by atoms with Gasteiger partial charge in [-0.25, -0.2) is 0 Å². The highest BCUT2D eigenvalue weighted by atomic mass is 16.5. The molecule has 102 valence electrons. The third-order valence-corrected chi connectivity index (χ3v) is 3.03. The maximum Gasteiger partial charge on any atom is 0.123 e. The Hall–Kier alpha value is -1.06. The SMILES string of the molecule is CCCCN(C)CCCOc1ccccc1CN. The van der Waals surface area contributed by atoms with Gasteiger partial charge in [-0.05, 0) is 32.5 Å². The van der Waals surface area contributed by atoms with Gasteiger partial charge < -0.3 is 15.4 Å². The van der Waals surface area contributed by atoms with Crippen molar-refractivity contribution in [1.82, 2.24) is 4.90 Å². The van der Waals surface area contributed by atoms with Gasteiger partial charge in [0.2, 0.25) is 0 Å². The summed E-state index contributed by atoms with van der Waals surface area (Å²) in [4.78, 5) is 2.36. The van der Waals surface area contributed by atoms with E-state index in [0.29, 0.717) is 6.54 Å². The number of benzene rings is 1. The average Bonchev–Trinajstić information content (AvgIpc) is 2.41. The zero-order valence-corrected chi connectivity index (χ0v) is 11.7. The topological polar surface area (TPSA) is 38.5 Å². The number of nitrogens with two attached hydrogens (primary N) is 1. The van der Waals surface area contributed by atoms with Crippen molar-refractivity contribution in [3.8, 4) is 5.75 Å². The van der Waals surface area contributed by atoms with Crippen molar-refractivity contribution in [3.63, 3.8) is 0 Å². The Morgan fingerprint density at radius 2 is 1.89 bits per heavy atom. The second kappa shape index (κ2) is 8.95. The number of ether oxygens (including phenoxy) is 1. The van der Waals surface area contributed by atoms with Gasteiger partial charge >= 0.3 is 0 Å². The molecule has 0 aliphatic rings. The van der Waals surface area contributed by atoms with Crippen LogP contribution in [0.1, 0.15) is 31.7 Å². The van der Waals surface area contributed by atoms with Crippen LogP contribution in [-0.4, -0.2) is 31.6 Å². The van der Waals surface area contributed by atoms with Crippen molar-refractivity contribution in [2.24, 2.45) is 5.73 Å². The van der Waals surface area contributed by atoms with Crippen molar-refractivity contribution in [3.05, 3.63) is 29.8 Å². The van der Waals surface area contributed by atoms with Crippen LogP contribution in [0, 0.1) is 0 Å². The summed E-state index contributed by atoms with van der Waals surface area (Å²) in [6, 6.07) is 7.99. The summed E-state index contributed by atoms with van der Waals surface area (Å²) >= 11 is 0. The second-order valence-corrected chi connectivity index (χ2v) is 4.67. The number of hydrogen-bond acceptors (Lipinski definition) is 3. The standard InChI is InChI=1S/C15H26N2O/c1-3-4-10-17(2)11-7-12-18-15-9-6-5-8-14(15)13-16/h5-6,8-9H,3-4,7,10-13,16H2,1-2H3. The zero-order valence-electron chi connectivity index (χ0n) is 11.7. The summed E-state index contributed by atoms with van der Waals surface area (Å²) < 4.78 is 5.78. The first-order valence-corrected chi connectivity index (χ1v) is 6.87. The summed E-state index contributed by atoms with van der Waals surface area (Å²) in [6.45, 7) is 5.78. The van der Waals surface area contributed by atoms with E-state index >= 15 is 0 Å². The fraction of sp³-hybridized carbons (Fsp3) is 0.600. The molecular formula is C15H26N2O. The highest BCUT2D eigenvalue weighted by molar-refractivity contribution is 5.32. The lowest BCUT2D eigenvalue weighted by Gasteiger charge is -2.16. The van der Waals surface area contributed by atoms with Crippen molar-refractivity contribution < 1.29 is 4.74 Å². The molecule has 0 aliphatic heterocycles. The molecule has 0 saturated carbocycles. The van der Waals surface area contributed by atoms with Crippen LogP contribution in [0.25, 0.3) is 0 Å². The Morgan fingerprint density at radius 3 is 2.61 bits per heavy atom. The lowest BCUT2D eigenvalue weighted by Crippen LogP contribution is -2.22. The quantitative estimate of drug-likeness (QED) is 0.685. The van der Waals surface area contributed by atoms with E-state index in [-0.39, 0.29) is 0 Å². The van der Waals surface area contributed by atoms with Crippen molar-refractivity contribution >= 4 is 0 Å². The van der Waals surface area contributed by atoms with Gasteiger partial charge in [-0.2, -0.15) is 0 Å². The van der Waals surface area contributed by atoms with Crippen molar-refractivity contribution in [2.45, 2.75) is 32.7 Å². The Kier molecular flexibility index (Phi) is 7.46. The third-order valence-electron chi connectivity index (χ3n) is 3.03. The van der Waals surface area contributed by atoms with Crippen LogP contribution in [-0.2, 0) is 6.54 Å². The van der Waals surface area contributed by atoms with E-state index in [4.69, 9.17) is 10.5 Å². The number of para-hydroxylation sites is 1. The van der Waals surface area contributed by atoms with Gasteiger partial charge in [-0.15, -0.1) is 0 Å². The molecule has 0 heterocycles. The Bertz CT molecular complexity index is 328. The first-order chi connectivity index (χ1) is 8.77. The molecular weight excluding hydrogens is 224 g/mol. The average molecular weight is 250 g/mol. The molecule has 0 spiro atoms. The second-order valence-electron chi connectivity index (χ2n) is 4.67. The van der Waals surface area contributed by atoms with Gasteiger partial charge in [0.05, 0.1) is 6.61 Å². The largest absolute Gasteiger partial charge is 0.493 e. The first-order valence-electron chi connectivity index (χ1n) is 6.87. The molecule has 1 rings (SSSR count). The Morgan fingerprint density at radius 1 is 1.17 bits per heavy atom. The van der Waals surface area contributed by atoms with Gasteiger partial charge in [0.1, 0.15) is 5.75 Å². The smallest absolute Gasteiger partial charge is 0.123 e. The van der Waals surface area contributed by atoms with E-state index in [9.17, 15) is 0 Å². The van der Waals surface area contributed by atoms with Gasteiger partial charge in [0.25, 0.3) is 0 Å². The lowest BCUT2D eigenvalue weighted by molar-refractivity contribution is 0.259. The Balaban J connectivity index is 2.21. The third kappa shape index (κ3) is 5.52. The lowest BCUT2D eigenvalue weighted by atomic mass is 10.2. The minimum absolute atomic E-state index is 0.534. The number of hydrogen-bond donors (Lipinski definition) is 1. The molecule has 0 aromatic heterocycles. The molecule has 0 unspecified atom stereocenters. The normalized spacial score (nSPS) is 10.9. The van der Waals surface area contributed by atoms with E-state index in [2.05, 4.69) is 18.9 Å². The van der Waals surface area contributed by atoms with E-state index < -0.39 is 0 Å². The van der Waals surface area contributed by atoms with E-state index in [0.717, 1.165) is 30.9 Å². The predicted octanol–water partition coefficient (Wildman–Crippen LogP) is 2.65. The van der Waals surface area contributed by atoms with E-state index in [1.54, 1.807) is 0 Å². The van der Waals surface area contributed by atoms with Crippen LogP contribution < -0.4 is 10.5 Å². The van der Waals surface area contributed by atoms with Crippen LogP contribution in [0.5, 0.6) is 5.75 Å². The van der Waals surface area contributed by atoms with Crippen LogP contribution in [0.4, 0.5) is 0 Å². The fourth-order valence-electron chi connectivity index (χ4n) is 1.87. The van der Waals surface area contributed by atoms with Gasteiger partial charge in [-0.3, -0.25) is 0 Å². The van der Waals surface area contributed by atoms with Crippen LogP contribution in [0.3, 0.4) is 0 Å². The van der Waals surface area contributed by atoms with Crippen LogP contribution >= 0.6 is 0 Å². The predicted molar refractivity (Wildman–Crippen MR) is 76.9 cm³/mol. The summed E-state index contributed by atoms with van der Waals surface area (Å²) in [5, 5.41) is 0. The van der Waals surface area contributed by atoms with Gasteiger partial charge in [-0.1, -0.05) is 31.5 Å². The maximum absolute atomic E-state index is 5.78. The van der Waals surface area contributed by atoms with Crippen molar-refractivity contribution in [2.75, 3.05) is 26.7 Å². The van der Waals surface area contributed by atoms with E-state index in [1.807, 2.05) is 24.3 Å². The summed E-state index contributed by atoms with van der Waals surface area (Å²) in [6.07, 6.45) is 3.58. The van der Waals surface area contributed by atoms with Crippen LogP contribution in [0.2, 0.25) is 0 Å². The fourth-order valence-corrected chi connectivity index (χ4v) is 1.87. The van der Waals surface area contributed by atoms with Gasteiger partial charge in [0, 0.05) is 18.7 Å². The Labute approximate surface area is 111 Å². The maximum atomic E-state index is 5.78. The minimum Gasteiger partial charge on any atom is -0.493 e. The summed E-state index contributed by atoms with van der Waals surface area (Å²) in [5.74, 6) is 0.927. The van der Waals surface area contributed by atoms with Crippen molar-refractivity contribution in [1.29, 1.82) is 0 Å².